The van der Waals surface area contributed by atoms with Crippen LogP contribution in [0.1, 0.15) is 45.8 Å². The van der Waals surface area contributed by atoms with Gasteiger partial charge in [-0.1, -0.05) is 48.5 Å². The van der Waals surface area contributed by atoms with Crippen LogP contribution in [0.25, 0.3) is 0 Å². The van der Waals surface area contributed by atoms with Gasteiger partial charge in [-0.3, -0.25) is 9.59 Å². The molecular weight excluding hydrogens is 252 g/mol. The van der Waals surface area contributed by atoms with Crippen molar-refractivity contribution in [1.82, 2.24) is 0 Å². The van der Waals surface area contributed by atoms with E-state index in [0.29, 0.717) is 17.5 Å². The van der Waals surface area contributed by atoms with Crippen molar-refractivity contribution in [3.05, 3.63) is 70.8 Å². The Balaban J connectivity index is 2.12. The predicted molar refractivity (Wildman–Crippen MR) is 75.0 cm³/mol. The molecule has 1 aliphatic rings. The predicted octanol–water partition coefficient (Wildman–Crippen LogP) is 3.23. The number of hydrogen-bond donors (Lipinski definition) is 1. The lowest BCUT2D eigenvalue weighted by molar-refractivity contribution is -0.137. The molecule has 0 saturated heterocycles. The lowest BCUT2D eigenvalue weighted by atomic mass is 9.75. The number of aliphatic carboxylic acids is 1. The summed E-state index contributed by atoms with van der Waals surface area (Å²) in [6, 6.07) is 15.0. The van der Waals surface area contributed by atoms with Crippen molar-refractivity contribution in [2.24, 2.45) is 0 Å². The van der Waals surface area contributed by atoms with E-state index in [2.05, 4.69) is 0 Å². The average molecular weight is 266 g/mol. The van der Waals surface area contributed by atoms with Crippen molar-refractivity contribution in [2.75, 3.05) is 0 Å². The molecule has 0 heterocycles. The van der Waals surface area contributed by atoms with Crippen LogP contribution in [0.5, 0.6) is 0 Å². The topological polar surface area (TPSA) is 54.4 Å². The lowest BCUT2D eigenvalue weighted by Gasteiger charge is -2.27. The molecule has 100 valence electrons. The Morgan fingerprint density at radius 3 is 1.95 bits per heavy atom. The third kappa shape index (κ3) is 2.01. The number of rotatable bonds is 3. The Morgan fingerprint density at radius 1 is 0.950 bits per heavy atom. The van der Waals surface area contributed by atoms with Crippen LogP contribution in [0.4, 0.5) is 0 Å². The molecule has 1 aliphatic carbocycles. The van der Waals surface area contributed by atoms with Crippen LogP contribution in [-0.2, 0) is 4.79 Å². The largest absolute Gasteiger partial charge is 0.481 e. The van der Waals surface area contributed by atoms with Crippen molar-refractivity contribution < 1.29 is 14.7 Å². The van der Waals surface area contributed by atoms with Crippen LogP contribution in [-0.4, -0.2) is 16.9 Å². The van der Waals surface area contributed by atoms with Crippen molar-refractivity contribution in [3.8, 4) is 0 Å². The molecule has 3 heteroatoms. The highest BCUT2D eigenvalue weighted by Gasteiger charge is 2.30. The monoisotopic (exact) mass is 266 g/mol. The summed E-state index contributed by atoms with van der Waals surface area (Å²) in [5.41, 5.74) is 3.28. The standard InChI is InChI=1S/C17H14O3/c18-16(19)10-9-13-11-5-1-3-7-14(11)17(20)15-8-4-2-6-12(13)15/h1-8,13H,9-10H2,(H,18,19). The average Bonchev–Trinajstić information content (AvgIpc) is 2.47. The van der Waals surface area contributed by atoms with Gasteiger partial charge in [0.25, 0.3) is 0 Å². The molecule has 3 rings (SSSR count). The smallest absolute Gasteiger partial charge is 0.303 e. The second-order valence-electron chi connectivity index (χ2n) is 4.99. The fraction of sp³-hybridized carbons (Fsp3) is 0.176. The normalized spacial score (nSPS) is 13.7. The van der Waals surface area contributed by atoms with E-state index in [4.69, 9.17) is 5.11 Å². The molecule has 2 aromatic carbocycles. The van der Waals surface area contributed by atoms with Gasteiger partial charge in [0.2, 0.25) is 0 Å². The van der Waals surface area contributed by atoms with Crippen molar-refractivity contribution in [1.29, 1.82) is 0 Å². The van der Waals surface area contributed by atoms with Gasteiger partial charge in [0.1, 0.15) is 0 Å². The molecule has 0 bridgehead atoms. The summed E-state index contributed by atoms with van der Waals surface area (Å²) in [5, 5.41) is 8.93. The van der Waals surface area contributed by atoms with Gasteiger partial charge in [0.15, 0.2) is 5.78 Å². The highest BCUT2D eigenvalue weighted by molar-refractivity contribution is 6.12. The van der Waals surface area contributed by atoms with Crippen LogP contribution in [0.2, 0.25) is 0 Å². The van der Waals surface area contributed by atoms with Gasteiger partial charge in [-0.25, -0.2) is 0 Å². The first-order valence-corrected chi connectivity index (χ1v) is 6.63. The molecule has 0 unspecified atom stereocenters. The zero-order valence-electron chi connectivity index (χ0n) is 10.9. The van der Waals surface area contributed by atoms with E-state index in [1.165, 1.54) is 0 Å². The van der Waals surface area contributed by atoms with E-state index in [1.807, 2.05) is 48.5 Å². The quantitative estimate of drug-likeness (QED) is 0.928. The number of carboxylic acids is 1. The molecule has 0 spiro atoms. The maximum absolute atomic E-state index is 12.5. The number of ketones is 1. The van der Waals surface area contributed by atoms with Crippen LogP contribution < -0.4 is 0 Å². The van der Waals surface area contributed by atoms with Gasteiger partial charge < -0.3 is 5.11 Å². The number of carboxylic acid groups (broad SMARTS) is 1. The zero-order chi connectivity index (χ0) is 14.1. The summed E-state index contributed by atoms with van der Waals surface area (Å²) in [4.78, 5) is 23.3. The Labute approximate surface area is 116 Å². The third-order valence-corrected chi connectivity index (χ3v) is 3.81. The maximum atomic E-state index is 12.5. The number of fused-ring (bicyclic) bond motifs is 2. The number of benzene rings is 2. The molecule has 20 heavy (non-hydrogen) atoms. The summed E-state index contributed by atoms with van der Waals surface area (Å²) in [5.74, 6) is -0.796. The first-order valence-electron chi connectivity index (χ1n) is 6.63. The van der Waals surface area contributed by atoms with Gasteiger partial charge in [-0.05, 0) is 17.5 Å². The van der Waals surface area contributed by atoms with Crippen molar-refractivity contribution in [2.45, 2.75) is 18.8 Å². The summed E-state index contributed by atoms with van der Waals surface area (Å²) >= 11 is 0. The number of carbonyl (C=O) groups excluding carboxylic acids is 1. The Kier molecular flexibility index (Phi) is 3.11. The van der Waals surface area contributed by atoms with E-state index < -0.39 is 5.97 Å². The Morgan fingerprint density at radius 2 is 1.45 bits per heavy atom. The summed E-state index contributed by atoms with van der Waals surface area (Å²) in [7, 11) is 0. The second-order valence-corrected chi connectivity index (χ2v) is 4.99. The summed E-state index contributed by atoms with van der Waals surface area (Å²) < 4.78 is 0. The zero-order valence-corrected chi connectivity index (χ0v) is 10.9. The molecule has 1 N–H and O–H groups in total. The van der Waals surface area contributed by atoms with Crippen LogP contribution >= 0.6 is 0 Å². The first-order chi connectivity index (χ1) is 9.68. The van der Waals surface area contributed by atoms with Crippen LogP contribution in [0.3, 0.4) is 0 Å². The maximum Gasteiger partial charge on any atom is 0.303 e. The molecule has 2 aromatic rings. The summed E-state index contributed by atoms with van der Waals surface area (Å²) in [6.45, 7) is 0. The SMILES string of the molecule is O=C(O)CCC1c2ccccc2C(=O)c2ccccc21. The minimum Gasteiger partial charge on any atom is -0.481 e. The molecule has 0 saturated carbocycles. The van der Waals surface area contributed by atoms with Gasteiger partial charge in [0, 0.05) is 23.5 Å². The van der Waals surface area contributed by atoms with Crippen LogP contribution in [0.15, 0.2) is 48.5 Å². The minimum atomic E-state index is -0.808. The van der Waals surface area contributed by atoms with Crippen molar-refractivity contribution >= 4 is 11.8 Å². The molecule has 0 fully saturated rings. The number of carbonyl (C=O) groups is 2. The molecule has 0 aliphatic heterocycles. The van der Waals surface area contributed by atoms with Gasteiger partial charge >= 0.3 is 5.97 Å². The van der Waals surface area contributed by atoms with Gasteiger partial charge in [-0.2, -0.15) is 0 Å². The molecule has 0 atom stereocenters. The molecular formula is C17H14O3. The summed E-state index contributed by atoms with van der Waals surface area (Å²) in [6.07, 6.45) is 0.609. The minimum absolute atomic E-state index is 0.0174. The molecule has 3 nitrogen and oxygen atoms in total. The molecule has 0 radical (unpaired) electrons. The molecule has 0 aromatic heterocycles. The van der Waals surface area contributed by atoms with Gasteiger partial charge in [0.05, 0.1) is 0 Å². The fourth-order valence-corrected chi connectivity index (χ4v) is 2.91. The van der Waals surface area contributed by atoms with E-state index >= 15 is 0 Å². The number of hydrogen-bond acceptors (Lipinski definition) is 2. The first kappa shape index (κ1) is 12.6. The molecule has 0 amide bonds. The lowest BCUT2D eigenvalue weighted by Crippen LogP contribution is -2.20. The van der Waals surface area contributed by atoms with E-state index in [0.717, 1.165) is 11.1 Å². The third-order valence-electron chi connectivity index (χ3n) is 3.81. The highest BCUT2D eigenvalue weighted by atomic mass is 16.4. The van der Waals surface area contributed by atoms with Crippen LogP contribution in [0, 0.1) is 0 Å². The second kappa shape index (κ2) is 4.93. The highest BCUT2D eigenvalue weighted by Crippen LogP contribution is 2.38. The van der Waals surface area contributed by atoms with E-state index in [-0.39, 0.29) is 18.1 Å². The van der Waals surface area contributed by atoms with E-state index in [9.17, 15) is 9.59 Å². The van der Waals surface area contributed by atoms with Gasteiger partial charge in [-0.15, -0.1) is 0 Å². The Hall–Kier alpha value is -2.42. The fourth-order valence-electron chi connectivity index (χ4n) is 2.91. The van der Waals surface area contributed by atoms with Crippen molar-refractivity contribution in [3.63, 3.8) is 0 Å². The Bertz CT molecular complexity index is 639. The van der Waals surface area contributed by atoms with E-state index in [1.54, 1.807) is 0 Å².